The molecule has 9 heteroatoms. The number of benzene rings is 2. The first-order valence-electron chi connectivity index (χ1n) is 8.24. The van der Waals surface area contributed by atoms with E-state index in [-0.39, 0.29) is 5.82 Å². The second kappa shape index (κ2) is 7.31. The second-order valence-corrected chi connectivity index (χ2v) is 7.91. The maximum atomic E-state index is 13.4. The summed E-state index contributed by atoms with van der Waals surface area (Å²) in [6.07, 6.45) is 0. The van der Waals surface area contributed by atoms with Gasteiger partial charge in [0, 0.05) is 10.2 Å². The van der Waals surface area contributed by atoms with E-state index in [0.717, 1.165) is 11.4 Å². The topological polar surface area (TPSA) is 55.6 Å². The fourth-order valence-corrected chi connectivity index (χ4v) is 3.60. The number of aryl methyl sites for hydroxylation is 2. The van der Waals surface area contributed by atoms with Gasteiger partial charge in [-0.3, -0.25) is 0 Å². The number of rotatable bonds is 3. The SMILES string of the molecule is Cc1cc(C)n(-c2nc3cc(Cl)c(Cl)cc3nc2Nc2ccc(F)cc2Br)n1. The predicted octanol–water partition coefficient (Wildman–Crippen LogP) is 6.38. The molecular formula is C19H13BrCl2FN5. The van der Waals surface area contributed by atoms with E-state index in [4.69, 9.17) is 28.2 Å². The third kappa shape index (κ3) is 3.57. The molecule has 0 saturated carbocycles. The van der Waals surface area contributed by atoms with E-state index in [2.05, 4.69) is 31.3 Å². The monoisotopic (exact) mass is 479 g/mol. The van der Waals surface area contributed by atoms with Crippen molar-refractivity contribution in [1.82, 2.24) is 19.7 Å². The third-order valence-corrected chi connectivity index (χ3v) is 5.46. The number of anilines is 2. The van der Waals surface area contributed by atoms with Crippen LogP contribution < -0.4 is 5.32 Å². The minimum absolute atomic E-state index is 0.345. The third-order valence-electron chi connectivity index (χ3n) is 4.08. The summed E-state index contributed by atoms with van der Waals surface area (Å²) in [4.78, 5) is 9.38. The van der Waals surface area contributed by atoms with Crippen LogP contribution in [0.3, 0.4) is 0 Å². The molecule has 0 aliphatic carbocycles. The van der Waals surface area contributed by atoms with Gasteiger partial charge in [0.25, 0.3) is 0 Å². The first-order chi connectivity index (χ1) is 13.3. The summed E-state index contributed by atoms with van der Waals surface area (Å²) < 4.78 is 15.7. The standard InChI is InChI=1S/C19H13BrCl2FN5/c1-9-5-10(2)28(27-9)19-18(24-15-4-3-11(23)6-12(15)20)25-16-7-13(21)14(22)8-17(16)26-19/h3-8H,1-2H3,(H,24,25). The molecule has 0 bridgehead atoms. The van der Waals surface area contributed by atoms with Crippen molar-refractivity contribution in [1.29, 1.82) is 0 Å². The van der Waals surface area contributed by atoms with Crippen LogP contribution in [0.4, 0.5) is 15.9 Å². The fraction of sp³-hybridized carbons (Fsp3) is 0.105. The van der Waals surface area contributed by atoms with Gasteiger partial charge in [-0.2, -0.15) is 5.10 Å². The number of hydrogen-bond donors (Lipinski definition) is 1. The Balaban J connectivity index is 1.94. The van der Waals surface area contributed by atoms with Crippen LogP contribution in [0.2, 0.25) is 10.0 Å². The Kier molecular flexibility index (Phi) is 4.99. The zero-order valence-electron chi connectivity index (χ0n) is 14.8. The van der Waals surface area contributed by atoms with Crippen LogP contribution in [0.25, 0.3) is 16.9 Å². The van der Waals surface area contributed by atoms with Crippen molar-refractivity contribution < 1.29 is 4.39 Å². The minimum Gasteiger partial charge on any atom is -0.336 e. The highest BCUT2D eigenvalue weighted by molar-refractivity contribution is 9.10. The number of aromatic nitrogens is 4. The number of nitrogens with zero attached hydrogens (tertiary/aromatic N) is 4. The number of hydrogen-bond acceptors (Lipinski definition) is 4. The number of nitrogens with one attached hydrogen (secondary N) is 1. The van der Waals surface area contributed by atoms with E-state index in [1.165, 1.54) is 12.1 Å². The second-order valence-electron chi connectivity index (χ2n) is 6.24. The van der Waals surface area contributed by atoms with Gasteiger partial charge in [0.2, 0.25) is 0 Å². The Bertz CT molecular complexity index is 1220. The molecule has 4 rings (SSSR count). The number of halogens is 4. The first-order valence-corrected chi connectivity index (χ1v) is 9.79. The maximum Gasteiger partial charge on any atom is 0.197 e. The lowest BCUT2D eigenvalue weighted by atomic mass is 10.3. The Hall–Kier alpha value is -2.22. The molecule has 0 aliphatic rings. The highest BCUT2D eigenvalue weighted by Crippen LogP contribution is 2.32. The molecule has 0 amide bonds. The molecule has 1 N–H and O–H groups in total. The van der Waals surface area contributed by atoms with Crippen LogP contribution in [0.15, 0.2) is 40.9 Å². The van der Waals surface area contributed by atoms with Crippen LogP contribution in [-0.4, -0.2) is 19.7 Å². The van der Waals surface area contributed by atoms with Gasteiger partial charge < -0.3 is 5.32 Å². The van der Waals surface area contributed by atoms with Gasteiger partial charge in [-0.15, -0.1) is 0 Å². The fourth-order valence-electron chi connectivity index (χ4n) is 2.84. The Morgan fingerprint density at radius 1 is 1.00 bits per heavy atom. The van der Waals surface area contributed by atoms with Gasteiger partial charge in [0.05, 0.1) is 32.5 Å². The molecule has 2 aromatic heterocycles. The zero-order valence-corrected chi connectivity index (χ0v) is 17.9. The van der Waals surface area contributed by atoms with Gasteiger partial charge in [0.1, 0.15) is 5.82 Å². The molecule has 0 saturated heterocycles. The van der Waals surface area contributed by atoms with Crippen LogP contribution in [0.1, 0.15) is 11.4 Å². The first kappa shape index (κ1) is 19.1. The van der Waals surface area contributed by atoms with Crippen molar-refractivity contribution in [2.75, 3.05) is 5.32 Å². The van der Waals surface area contributed by atoms with E-state index >= 15 is 0 Å². The van der Waals surface area contributed by atoms with Gasteiger partial charge >= 0.3 is 0 Å². The highest BCUT2D eigenvalue weighted by atomic mass is 79.9. The van der Waals surface area contributed by atoms with Crippen LogP contribution in [0, 0.1) is 19.7 Å². The van der Waals surface area contributed by atoms with Crippen LogP contribution in [-0.2, 0) is 0 Å². The zero-order chi connectivity index (χ0) is 20.0. The summed E-state index contributed by atoms with van der Waals surface area (Å²) in [7, 11) is 0. The summed E-state index contributed by atoms with van der Waals surface area (Å²) in [5, 5.41) is 8.49. The summed E-state index contributed by atoms with van der Waals surface area (Å²) >= 11 is 15.7. The quantitative estimate of drug-likeness (QED) is 0.369. The lowest BCUT2D eigenvalue weighted by Crippen LogP contribution is -2.09. The molecule has 0 unspecified atom stereocenters. The van der Waals surface area contributed by atoms with Gasteiger partial charge in [-0.1, -0.05) is 23.2 Å². The smallest absolute Gasteiger partial charge is 0.197 e. The van der Waals surface area contributed by atoms with Crippen molar-refractivity contribution in [2.45, 2.75) is 13.8 Å². The number of fused-ring (bicyclic) bond motifs is 1. The summed E-state index contributed by atoms with van der Waals surface area (Å²) in [5.74, 6) is 0.597. The van der Waals surface area contributed by atoms with Crippen molar-refractivity contribution in [3.05, 3.63) is 68.1 Å². The lowest BCUT2D eigenvalue weighted by Gasteiger charge is -2.14. The molecule has 28 heavy (non-hydrogen) atoms. The minimum atomic E-state index is -0.345. The van der Waals surface area contributed by atoms with E-state index in [1.807, 2.05) is 19.9 Å². The molecule has 5 nitrogen and oxygen atoms in total. The average molecular weight is 481 g/mol. The van der Waals surface area contributed by atoms with Gasteiger partial charge in [-0.25, -0.2) is 19.0 Å². The van der Waals surface area contributed by atoms with E-state index in [1.54, 1.807) is 22.9 Å². The lowest BCUT2D eigenvalue weighted by molar-refractivity contribution is 0.627. The Morgan fingerprint density at radius 3 is 2.29 bits per heavy atom. The van der Waals surface area contributed by atoms with Crippen molar-refractivity contribution in [2.24, 2.45) is 0 Å². The molecular weight excluding hydrogens is 468 g/mol. The van der Waals surface area contributed by atoms with Crippen LogP contribution >= 0.6 is 39.1 Å². The molecule has 0 spiro atoms. The van der Waals surface area contributed by atoms with E-state index in [9.17, 15) is 4.39 Å². The Morgan fingerprint density at radius 2 is 1.68 bits per heavy atom. The molecule has 4 aromatic rings. The summed E-state index contributed by atoms with van der Waals surface area (Å²) in [6.45, 7) is 3.83. The molecule has 142 valence electrons. The summed E-state index contributed by atoms with van der Waals surface area (Å²) in [6, 6.07) is 9.61. The predicted molar refractivity (Wildman–Crippen MR) is 114 cm³/mol. The molecule has 0 aliphatic heterocycles. The van der Waals surface area contributed by atoms with Crippen molar-refractivity contribution >= 4 is 61.7 Å². The van der Waals surface area contributed by atoms with E-state index in [0.29, 0.717) is 42.9 Å². The maximum absolute atomic E-state index is 13.4. The average Bonchev–Trinajstić information content (AvgIpc) is 2.96. The summed E-state index contributed by atoms with van der Waals surface area (Å²) in [5.41, 5.74) is 3.54. The van der Waals surface area contributed by atoms with Gasteiger partial charge in [0.15, 0.2) is 11.6 Å². The normalized spacial score (nSPS) is 11.2. The van der Waals surface area contributed by atoms with Crippen molar-refractivity contribution in [3.8, 4) is 5.82 Å². The molecule has 0 atom stereocenters. The largest absolute Gasteiger partial charge is 0.336 e. The molecule has 0 radical (unpaired) electrons. The molecule has 0 fully saturated rings. The molecule has 2 aromatic carbocycles. The molecule has 2 heterocycles. The Labute approximate surface area is 178 Å². The van der Waals surface area contributed by atoms with Gasteiger partial charge in [-0.05, 0) is 66.2 Å². The van der Waals surface area contributed by atoms with Crippen LogP contribution in [0.5, 0.6) is 0 Å². The van der Waals surface area contributed by atoms with E-state index < -0.39 is 0 Å². The highest BCUT2D eigenvalue weighted by Gasteiger charge is 2.16. The van der Waals surface area contributed by atoms with Crippen molar-refractivity contribution in [3.63, 3.8) is 0 Å².